The Kier molecular flexibility index (Phi) is 5.50. The van der Waals surface area contributed by atoms with Crippen LogP contribution >= 0.6 is 23.2 Å². The Bertz CT molecular complexity index is 494. The zero-order valence-electron chi connectivity index (χ0n) is 10.7. The van der Waals surface area contributed by atoms with Gasteiger partial charge in [-0.3, -0.25) is 9.59 Å². The second-order valence-electron chi connectivity index (χ2n) is 4.23. The molecule has 0 aliphatic carbocycles. The molecule has 1 unspecified atom stereocenters. The number of hydrogen-bond acceptors (Lipinski definition) is 4. The summed E-state index contributed by atoms with van der Waals surface area (Å²) in [5, 5.41) is 12.2. The van der Waals surface area contributed by atoms with Crippen LogP contribution in [0.15, 0.2) is 6.07 Å². The second-order valence-corrected chi connectivity index (χ2v) is 4.98. The lowest BCUT2D eigenvalue weighted by atomic mass is 10.2. The Balaban J connectivity index is 2.74. The molecule has 1 atom stereocenters. The van der Waals surface area contributed by atoms with Crippen LogP contribution in [0.25, 0.3) is 0 Å². The molecule has 2 amide bonds. The van der Waals surface area contributed by atoms with Crippen LogP contribution in [-0.4, -0.2) is 34.1 Å². The highest BCUT2D eigenvalue weighted by Gasteiger charge is 2.19. The molecule has 1 aromatic rings. The third-order valence-electron chi connectivity index (χ3n) is 2.14. The zero-order valence-corrected chi connectivity index (χ0v) is 12.2. The van der Waals surface area contributed by atoms with Gasteiger partial charge in [-0.05, 0) is 26.8 Å². The quantitative estimate of drug-likeness (QED) is 0.881. The van der Waals surface area contributed by atoms with Crippen LogP contribution in [0.5, 0.6) is 0 Å². The number of hydrogen-bond donors (Lipinski definition) is 2. The molecule has 1 aromatic heterocycles. The largest absolute Gasteiger partial charge is 0.352 e. The van der Waals surface area contributed by atoms with E-state index in [-0.39, 0.29) is 27.8 Å². The van der Waals surface area contributed by atoms with Crippen molar-refractivity contribution < 1.29 is 9.59 Å². The van der Waals surface area contributed by atoms with E-state index in [1.807, 2.05) is 13.8 Å². The van der Waals surface area contributed by atoms with Crippen molar-refractivity contribution in [2.24, 2.45) is 0 Å². The molecule has 0 fully saturated rings. The minimum atomic E-state index is -0.696. The Hall–Kier alpha value is -1.40. The normalized spacial score (nSPS) is 12.1. The first-order valence-corrected chi connectivity index (χ1v) is 6.36. The number of amides is 2. The first-order valence-electron chi connectivity index (χ1n) is 5.61. The highest BCUT2D eigenvalue weighted by molar-refractivity contribution is 6.34. The van der Waals surface area contributed by atoms with Gasteiger partial charge in [0.05, 0.1) is 5.56 Å². The second kappa shape index (κ2) is 6.68. The van der Waals surface area contributed by atoms with E-state index in [2.05, 4.69) is 20.8 Å². The lowest BCUT2D eigenvalue weighted by Crippen LogP contribution is -2.46. The van der Waals surface area contributed by atoms with E-state index in [9.17, 15) is 9.59 Å². The van der Waals surface area contributed by atoms with E-state index in [0.717, 1.165) is 0 Å². The number of aromatic nitrogens is 2. The Morgan fingerprint density at radius 2 is 1.79 bits per heavy atom. The molecule has 0 aliphatic rings. The van der Waals surface area contributed by atoms with Gasteiger partial charge in [0.25, 0.3) is 5.91 Å². The van der Waals surface area contributed by atoms with Crippen molar-refractivity contribution in [3.05, 3.63) is 21.9 Å². The topological polar surface area (TPSA) is 84.0 Å². The van der Waals surface area contributed by atoms with Crippen molar-refractivity contribution in [1.29, 1.82) is 0 Å². The SMILES string of the molecule is CC(C)NC(=O)C(C)NC(=O)c1cc(Cl)nnc1Cl. The monoisotopic (exact) mass is 304 g/mol. The molecule has 0 saturated heterocycles. The van der Waals surface area contributed by atoms with Crippen molar-refractivity contribution in [3.8, 4) is 0 Å². The molecule has 0 spiro atoms. The maximum atomic E-state index is 11.9. The highest BCUT2D eigenvalue weighted by Crippen LogP contribution is 2.15. The summed E-state index contributed by atoms with van der Waals surface area (Å²) in [4.78, 5) is 23.6. The summed E-state index contributed by atoms with van der Waals surface area (Å²) in [7, 11) is 0. The summed E-state index contributed by atoms with van der Waals surface area (Å²) in [5.41, 5.74) is 0.0749. The van der Waals surface area contributed by atoms with Crippen LogP contribution < -0.4 is 10.6 Å². The van der Waals surface area contributed by atoms with E-state index in [4.69, 9.17) is 23.2 Å². The van der Waals surface area contributed by atoms with Crippen molar-refractivity contribution in [2.75, 3.05) is 0 Å². The fourth-order valence-electron chi connectivity index (χ4n) is 1.26. The van der Waals surface area contributed by atoms with E-state index in [1.54, 1.807) is 6.92 Å². The molecule has 0 aromatic carbocycles. The average molecular weight is 305 g/mol. The summed E-state index contributed by atoms with van der Waals surface area (Å²) in [6.45, 7) is 5.23. The van der Waals surface area contributed by atoms with Crippen LogP contribution in [0.4, 0.5) is 0 Å². The molecule has 0 aliphatic heterocycles. The number of nitrogens with zero attached hydrogens (tertiary/aromatic N) is 2. The van der Waals surface area contributed by atoms with Gasteiger partial charge in [-0.2, -0.15) is 0 Å². The lowest BCUT2D eigenvalue weighted by Gasteiger charge is -2.16. The molecule has 6 nitrogen and oxygen atoms in total. The third kappa shape index (κ3) is 4.65. The van der Waals surface area contributed by atoms with Crippen LogP contribution in [-0.2, 0) is 4.79 Å². The molecule has 2 N–H and O–H groups in total. The van der Waals surface area contributed by atoms with Crippen molar-refractivity contribution in [2.45, 2.75) is 32.9 Å². The molecule has 19 heavy (non-hydrogen) atoms. The van der Waals surface area contributed by atoms with Gasteiger partial charge in [0.2, 0.25) is 5.91 Å². The predicted octanol–water partition coefficient (Wildman–Crippen LogP) is 1.43. The zero-order chi connectivity index (χ0) is 14.6. The van der Waals surface area contributed by atoms with Gasteiger partial charge in [0, 0.05) is 6.04 Å². The van der Waals surface area contributed by atoms with E-state index in [0.29, 0.717) is 0 Å². The number of carbonyl (C=O) groups is 2. The first-order chi connectivity index (χ1) is 8.81. The number of carbonyl (C=O) groups excluding carboxylic acids is 2. The van der Waals surface area contributed by atoms with Gasteiger partial charge >= 0.3 is 0 Å². The highest BCUT2D eigenvalue weighted by atomic mass is 35.5. The van der Waals surface area contributed by atoms with Crippen molar-refractivity contribution >= 4 is 35.0 Å². The van der Waals surface area contributed by atoms with Gasteiger partial charge in [-0.15, -0.1) is 10.2 Å². The Morgan fingerprint density at radius 1 is 1.16 bits per heavy atom. The van der Waals surface area contributed by atoms with E-state index < -0.39 is 11.9 Å². The molecular weight excluding hydrogens is 291 g/mol. The summed E-state index contributed by atoms with van der Waals surface area (Å²) >= 11 is 11.4. The van der Waals surface area contributed by atoms with Crippen LogP contribution in [0.3, 0.4) is 0 Å². The van der Waals surface area contributed by atoms with Gasteiger partial charge < -0.3 is 10.6 Å². The van der Waals surface area contributed by atoms with E-state index >= 15 is 0 Å². The van der Waals surface area contributed by atoms with Crippen molar-refractivity contribution in [1.82, 2.24) is 20.8 Å². The molecular formula is C11H14Cl2N4O2. The summed E-state index contributed by atoms with van der Waals surface area (Å²) in [5.74, 6) is -0.819. The molecule has 8 heteroatoms. The minimum Gasteiger partial charge on any atom is -0.352 e. The molecule has 0 bridgehead atoms. The van der Waals surface area contributed by atoms with Gasteiger partial charge in [0.1, 0.15) is 6.04 Å². The molecule has 1 heterocycles. The molecule has 104 valence electrons. The fourth-order valence-corrected chi connectivity index (χ4v) is 1.59. The molecule has 1 rings (SSSR count). The molecule has 0 radical (unpaired) electrons. The van der Waals surface area contributed by atoms with Crippen LogP contribution in [0.1, 0.15) is 31.1 Å². The smallest absolute Gasteiger partial charge is 0.255 e. The average Bonchev–Trinajstić information content (AvgIpc) is 2.31. The summed E-state index contributed by atoms with van der Waals surface area (Å²) in [6, 6.07) is 0.588. The Morgan fingerprint density at radius 3 is 2.37 bits per heavy atom. The van der Waals surface area contributed by atoms with Gasteiger partial charge in [-0.1, -0.05) is 23.2 Å². The van der Waals surface area contributed by atoms with Crippen LogP contribution in [0.2, 0.25) is 10.3 Å². The maximum absolute atomic E-state index is 11.9. The summed E-state index contributed by atoms with van der Waals surface area (Å²) < 4.78 is 0. The lowest BCUT2D eigenvalue weighted by molar-refractivity contribution is -0.123. The summed E-state index contributed by atoms with van der Waals surface area (Å²) in [6.07, 6.45) is 0. The van der Waals surface area contributed by atoms with E-state index in [1.165, 1.54) is 6.07 Å². The Labute approximate surface area is 120 Å². The molecule has 0 saturated carbocycles. The number of rotatable bonds is 4. The number of nitrogens with one attached hydrogen (secondary N) is 2. The third-order valence-corrected chi connectivity index (χ3v) is 2.60. The minimum absolute atomic E-state index is 0.00697. The van der Waals surface area contributed by atoms with Crippen molar-refractivity contribution in [3.63, 3.8) is 0 Å². The maximum Gasteiger partial charge on any atom is 0.255 e. The number of halogens is 2. The first kappa shape index (κ1) is 15.7. The van der Waals surface area contributed by atoms with Crippen LogP contribution in [0, 0.1) is 0 Å². The van der Waals surface area contributed by atoms with Gasteiger partial charge in [-0.25, -0.2) is 0 Å². The predicted molar refractivity (Wildman–Crippen MR) is 72.3 cm³/mol. The standard InChI is InChI=1S/C11H14Cl2N4O2/c1-5(2)14-10(18)6(3)15-11(19)7-4-8(12)16-17-9(7)13/h4-6H,1-3H3,(H,14,18)(H,15,19). The fraction of sp³-hybridized carbons (Fsp3) is 0.455. The van der Waals surface area contributed by atoms with Gasteiger partial charge in [0.15, 0.2) is 10.3 Å².